The number of halogens is 1. The van der Waals surface area contributed by atoms with Crippen LogP contribution in [0.5, 0.6) is 0 Å². The van der Waals surface area contributed by atoms with E-state index >= 15 is 0 Å². The molecule has 0 bridgehead atoms. The summed E-state index contributed by atoms with van der Waals surface area (Å²) in [5.41, 5.74) is 4.96. The maximum atomic E-state index is 13.9. The SMILES string of the molecule is CC1=C(C(=O)n2nc3ccccc3n2)C(c2ccc(Cl)cc2)C(C(=O)n2nc3ccccc3n2)=C(C)N1. The van der Waals surface area contributed by atoms with Gasteiger partial charge in [0.05, 0.1) is 11.1 Å². The molecule has 182 valence electrons. The monoisotopic (exact) mass is 509 g/mol. The number of nitrogens with zero attached hydrogens (tertiary/aromatic N) is 6. The number of carbonyl (C=O) groups excluding carboxylic acids is 2. The van der Waals surface area contributed by atoms with Gasteiger partial charge in [-0.1, -0.05) is 48.0 Å². The Hall–Kier alpha value is -4.63. The van der Waals surface area contributed by atoms with Crippen molar-refractivity contribution in [2.75, 3.05) is 0 Å². The summed E-state index contributed by atoms with van der Waals surface area (Å²) in [7, 11) is 0. The summed E-state index contributed by atoms with van der Waals surface area (Å²) in [5, 5.41) is 21.3. The van der Waals surface area contributed by atoms with Gasteiger partial charge in [-0.15, -0.1) is 30.0 Å². The predicted molar refractivity (Wildman–Crippen MR) is 139 cm³/mol. The van der Waals surface area contributed by atoms with Crippen LogP contribution in [0.1, 0.15) is 34.9 Å². The standard InChI is InChI=1S/C27H20ClN7O2/c1-15-23(26(36)34-30-19-7-3-4-8-20(19)31-34)25(17-11-13-18(28)14-12-17)24(16(2)29-15)27(37)35-32-21-9-5-6-10-22(21)33-35/h3-14,25,29H,1-2H3. The molecule has 1 N–H and O–H groups in total. The zero-order valence-electron chi connectivity index (χ0n) is 19.9. The summed E-state index contributed by atoms with van der Waals surface area (Å²) in [5.74, 6) is -1.63. The summed E-state index contributed by atoms with van der Waals surface area (Å²) < 4.78 is 0. The summed E-state index contributed by atoms with van der Waals surface area (Å²) in [6, 6.07) is 21.6. The predicted octanol–water partition coefficient (Wildman–Crippen LogP) is 4.75. The molecule has 0 amide bonds. The fourth-order valence-electron chi connectivity index (χ4n) is 4.67. The molecule has 9 nitrogen and oxygen atoms in total. The molecule has 2 aromatic heterocycles. The fraction of sp³-hybridized carbons (Fsp3) is 0.111. The zero-order chi connectivity index (χ0) is 25.7. The first-order chi connectivity index (χ1) is 17.9. The van der Waals surface area contributed by atoms with E-state index in [1.54, 1.807) is 62.4 Å². The van der Waals surface area contributed by atoms with Crippen LogP contribution in [0, 0.1) is 0 Å². The highest BCUT2D eigenvalue weighted by Crippen LogP contribution is 2.39. The van der Waals surface area contributed by atoms with Crippen LogP contribution in [0.4, 0.5) is 0 Å². The number of hydrogen-bond acceptors (Lipinski definition) is 7. The molecule has 0 saturated carbocycles. The Kier molecular flexibility index (Phi) is 5.42. The molecule has 37 heavy (non-hydrogen) atoms. The minimum atomic E-state index is -0.734. The first kappa shape index (κ1) is 22.8. The van der Waals surface area contributed by atoms with Gasteiger partial charge in [0.1, 0.15) is 22.1 Å². The molecule has 5 aromatic rings. The Balaban J connectivity index is 1.50. The lowest BCUT2D eigenvalue weighted by molar-refractivity contribution is 0.0901. The van der Waals surface area contributed by atoms with Crippen molar-refractivity contribution < 1.29 is 9.59 Å². The minimum absolute atomic E-state index is 0.341. The number of benzene rings is 3. The van der Waals surface area contributed by atoms with Gasteiger partial charge in [0.25, 0.3) is 11.8 Å². The van der Waals surface area contributed by atoms with Crippen LogP contribution in [0.15, 0.2) is 95.3 Å². The number of hydrogen-bond donors (Lipinski definition) is 1. The van der Waals surface area contributed by atoms with E-state index in [1.807, 2.05) is 24.3 Å². The summed E-state index contributed by atoms with van der Waals surface area (Å²) in [6.45, 7) is 3.59. The van der Waals surface area contributed by atoms with E-state index in [1.165, 1.54) is 0 Å². The highest BCUT2D eigenvalue weighted by atomic mass is 35.5. The van der Waals surface area contributed by atoms with Gasteiger partial charge in [-0.05, 0) is 55.8 Å². The maximum absolute atomic E-state index is 13.9. The quantitative estimate of drug-likeness (QED) is 0.374. The topological polar surface area (TPSA) is 108 Å². The average Bonchev–Trinajstić information content (AvgIpc) is 3.53. The molecular formula is C27H20ClN7O2. The Morgan fingerprint density at radius 1 is 0.676 bits per heavy atom. The second kappa shape index (κ2) is 8.79. The highest BCUT2D eigenvalue weighted by molar-refractivity contribution is 6.30. The van der Waals surface area contributed by atoms with E-state index in [-0.39, 0.29) is 0 Å². The summed E-state index contributed by atoms with van der Waals surface area (Å²) in [6.07, 6.45) is 0. The van der Waals surface area contributed by atoms with Crippen LogP contribution in [0.3, 0.4) is 0 Å². The number of rotatable bonds is 3. The van der Waals surface area contributed by atoms with Crippen LogP contribution in [-0.2, 0) is 0 Å². The van der Waals surface area contributed by atoms with E-state index in [9.17, 15) is 9.59 Å². The van der Waals surface area contributed by atoms with E-state index in [0.717, 1.165) is 9.59 Å². The second-order valence-corrected chi connectivity index (χ2v) is 9.19. The van der Waals surface area contributed by atoms with E-state index in [2.05, 4.69) is 25.7 Å². The van der Waals surface area contributed by atoms with Crippen molar-refractivity contribution in [2.24, 2.45) is 0 Å². The van der Waals surface area contributed by atoms with Crippen LogP contribution >= 0.6 is 11.6 Å². The van der Waals surface area contributed by atoms with Gasteiger partial charge in [0, 0.05) is 22.3 Å². The Morgan fingerprint density at radius 3 is 1.43 bits per heavy atom. The molecule has 10 heteroatoms. The lowest BCUT2D eigenvalue weighted by atomic mass is 9.79. The van der Waals surface area contributed by atoms with Crippen molar-refractivity contribution >= 4 is 45.5 Å². The molecule has 1 aliphatic heterocycles. The molecule has 3 heterocycles. The third-order valence-corrected chi connectivity index (χ3v) is 6.61. The van der Waals surface area contributed by atoms with Crippen molar-refractivity contribution in [3.05, 3.63) is 106 Å². The van der Waals surface area contributed by atoms with Gasteiger partial charge >= 0.3 is 0 Å². The smallest absolute Gasteiger partial charge is 0.293 e. The van der Waals surface area contributed by atoms with Gasteiger partial charge in [-0.2, -0.15) is 0 Å². The number of dihydropyridines is 1. The Labute approximate surface area is 216 Å². The van der Waals surface area contributed by atoms with Gasteiger partial charge in [-0.3, -0.25) is 9.59 Å². The van der Waals surface area contributed by atoms with Crippen LogP contribution in [0.2, 0.25) is 5.02 Å². The molecule has 0 radical (unpaired) electrons. The number of aromatic nitrogens is 6. The number of allylic oxidation sites excluding steroid dienone is 4. The molecule has 6 rings (SSSR count). The van der Waals surface area contributed by atoms with Gasteiger partial charge in [0.2, 0.25) is 0 Å². The van der Waals surface area contributed by atoms with Crippen LogP contribution < -0.4 is 5.32 Å². The van der Waals surface area contributed by atoms with Gasteiger partial charge < -0.3 is 5.32 Å². The minimum Gasteiger partial charge on any atom is -0.362 e. The lowest BCUT2D eigenvalue weighted by Gasteiger charge is -2.30. The summed E-state index contributed by atoms with van der Waals surface area (Å²) >= 11 is 6.17. The van der Waals surface area contributed by atoms with Gasteiger partial charge in [0.15, 0.2) is 0 Å². The largest absolute Gasteiger partial charge is 0.362 e. The Morgan fingerprint density at radius 2 is 1.05 bits per heavy atom. The van der Waals surface area contributed by atoms with E-state index in [4.69, 9.17) is 11.6 Å². The molecular weight excluding hydrogens is 490 g/mol. The third-order valence-electron chi connectivity index (χ3n) is 6.36. The van der Waals surface area contributed by atoms with Crippen molar-refractivity contribution in [1.29, 1.82) is 0 Å². The van der Waals surface area contributed by atoms with Crippen molar-refractivity contribution in [2.45, 2.75) is 19.8 Å². The fourth-order valence-corrected chi connectivity index (χ4v) is 4.79. The van der Waals surface area contributed by atoms with Crippen molar-refractivity contribution in [3.63, 3.8) is 0 Å². The molecule has 0 aliphatic carbocycles. The molecule has 0 saturated heterocycles. The second-order valence-electron chi connectivity index (χ2n) is 8.75. The number of fused-ring (bicyclic) bond motifs is 2. The summed E-state index contributed by atoms with van der Waals surface area (Å²) in [4.78, 5) is 30.0. The van der Waals surface area contributed by atoms with Crippen molar-refractivity contribution in [1.82, 2.24) is 35.3 Å². The first-order valence-electron chi connectivity index (χ1n) is 11.6. The van der Waals surface area contributed by atoms with Gasteiger partial charge in [-0.25, -0.2) is 0 Å². The third kappa shape index (κ3) is 3.89. The molecule has 0 fully saturated rings. The van der Waals surface area contributed by atoms with E-state index < -0.39 is 17.7 Å². The van der Waals surface area contributed by atoms with Crippen molar-refractivity contribution in [3.8, 4) is 0 Å². The van der Waals surface area contributed by atoms with E-state index in [0.29, 0.717) is 55.2 Å². The molecule has 0 unspecified atom stereocenters. The normalized spacial score (nSPS) is 14.5. The molecule has 0 spiro atoms. The zero-order valence-corrected chi connectivity index (χ0v) is 20.6. The first-order valence-corrected chi connectivity index (χ1v) is 12.0. The average molecular weight is 510 g/mol. The van der Waals surface area contributed by atoms with Crippen LogP contribution in [-0.4, -0.2) is 41.8 Å². The molecule has 3 aromatic carbocycles. The Bertz CT molecular complexity index is 1610. The molecule has 1 aliphatic rings. The van der Waals surface area contributed by atoms with Crippen LogP contribution in [0.25, 0.3) is 22.1 Å². The maximum Gasteiger partial charge on any atom is 0.293 e. The lowest BCUT2D eigenvalue weighted by Crippen LogP contribution is -2.35. The number of nitrogens with one attached hydrogen (secondary N) is 1. The molecule has 0 atom stereocenters. The number of carbonyl (C=O) groups is 2. The highest BCUT2D eigenvalue weighted by Gasteiger charge is 2.38.